The molecule has 9 nitrogen and oxygen atoms in total. The molecule has 2 atom stereocenters. The van der Waals surface area contributed by atoms with E-state index in [9.17, 15) is 19.0 Å². The second-order valence-corrected chi connectivity index (χ2v) is 22.4. The molecule has 0 heterocycles. The zero-order chi connectivity index (χ0) is 56.3. The summed E-state index contributed by atoms with van der Waals surface area (Å²) in [6.45, 7) is 4.06. The molecule has 77 heavy (non-hydrogen) atoms. The molecule has 0 aromatic carbocycles. The van der Waals surface area contributed by atoms with Crippen LogP contribution in [0.15, 0.2) is 134 Å². The molecule has 0 aromatic heterocycles. The van der Waals surface area contributed by atoms with Gasteiger partial charge in [0.2, 0.25) is 0 Å². The average Bonchev–Trinajstić information content (AvgIpc) is 3.39. The Kier molecular flexibility index (Phi) is 54.0. The minimum Gasteiger partial charge on any atom is -0.756 e. The Morgan fingerprint density at radius 3 is 1.12 bits per heavy atom. The first-order valence-corrected chi connectivity index (χ1v) is 31.9. The summed E-state index contributed by atoms with van der Waals surface area (Å²) in [5.74, 6) is -0.857. The number of phosphoric acid groups is 1. The molecule has 0 N–H and O–H groups in total. The molecule has 0 aromatic rings. The molecule has 0 saturated carbocycles. The van der Waals surface area contributed by atoms with Gasteiger partial charge in [0.25, 0.3) is 7.82 Å². The molecule has 0 spiro atoms. The van der Waals surface area contributed by atoms with Crippen LogP contribution in [0.2, 0.25) is 0 Å². The maximum absolute atomic E-state index is 12.8. The molecule has 438 valence electrons. The number of likely N-dealkylation sites (N-methyl/N-ethyl adjacent to an activating group) is 1. The van der Waals surface area contributed by atoms with Crippen molar-refractivity contribution < 1.29 is 42.1 Å². The normalized spacial score (nSPS) is 14.2. The smallest absolute Gasteiger partial charge is 0.306 e. The lowest BCUT2D eigenvalue weighted by Crippen LogP contribution is -2.37. The van der Waals surface area contributed by atoms with E-state index in [0.29, 0.717) is 23.9 Å². The summed E-state index contributed by atoms with van der Waals surface area (Å²) < 4.78 is 34.1. The molecule has 2 unspecified atom stereocenters. The van der Waals surface area contributed by atoms with Crippen LogP contribution in [0.4, 0.5) is 0 Å². The standard InChI is InChI=1S/C67H112NO8P/c1-6-8-10-12-14-16-18-20-21-22-23-24-25-26-27-28-29-30-31-32-33-34-35-36-37-38-39-40-41-42-43-44-45-46-47-48-50-52-54-56-58-60-67(70)76-65(64-75-77(71,72)74-62-61-68(3,4)5)63-73-66(69)59-57-55-53-51-49-19-17-15-13-11-9-7-2/h8,10,14-17,20-21,23-24,26-27,29-30,32-33,35-36,38-39,41-42,65H,6-7,9,11-13,18-19,22,25,28,31,34,37,40,43-64H2,1-5H3/b10-8-,16-14-,17-15-,21-20-,24-23-,27-26-,30-29-,33-32-,36-35-,39-38-,42-41-. The van der Waals surface area contributed by atoms with Gasteiger partial charge in [-0.3, -0.25) is 14.2 Å². The Balaban J connectivity index is 4.06. The third-order valence-corrected chi connectivity index (χ3v) is 13.4. The van der Waals surface area contributed by atoms with Gasteiger partial charge in [-0.1, -0.05) is 231 Å². The predicted molar refractivity (Wildman–Crippen MR) is 327 cm³/mol. The number of quaternary nitrogens is 1. The number of rotatable bonds is 54. The lowest BCUT2D eigenvalue weighted by molar-refractivity contribution is -0.870. The summed E-state index contributed by atoms with van der Waals surface area (Å²) in [6, 6.07) is 0. The Labute approximate surface area is 472 Å². The molecule has 0 aliphatic heterocycles. The van der Waals surface area contributed by atoms with E-state index in [0.717, 1.165) is 128 Å². The summed E-state index contributed by atoms with van der Waals surface area (Å²) in [5, 5.41) is 0. The van der Waals surface area contributed by atoms with Crippen LogP contribution in [0.1, 0.15) is 226 Å². The monoisotopic (exact) mass is 1090 g/mol. The van der Waals surface area contributed by atoms with Crippen molar-refractivity contribution in [2.24, 2.45) is 0 Å². The van der Waals surface area contributed by atoms with E-state index in [4.69, 9.17) is 18.5 Å². The van der Waals surface area contributed by atoms with Gasteiger partial charge >= 0.3 is 11.9 Å². The highest BCUT2D eigenvalue weighted by Crippen LogP contribution is 2.38. The minimum atomic E-state index is -4.64. The van der Waals surface area contributed by atoms with Crippen molar-refractivity contribution in [2.75, 3.05) is 47.5 Å². The van der Waals surface area contributed by atoms with Gasteiger partial charge in [0.1, 0.15) is 19.8 Å². The van der Waals surface area contributed by atoms with Gasteiger partial charge in [0.05, 0.1) is 27.7 Å². The number of ether oxygens (including phenoxy) is 2. The second-order valence-electron chi connectivity index (χ2n) is 21.0. The van der Waals surface area contributed by atoms with Gasteiger partial charge in [-0.25, -0.2) is 0 Å². The average molecular weight is 1090 g/mol. The number of esters is 2. The van der Waals surface area contributed by atoms with Crippen molar-refractivity contribution >= 4 is 19.8 Å². The van der Waals surface area contributed by atoms with E-state index in [1.54, 1.807) is 0 Å². The lowest BCUT2D eigenvalue weighted by atomic mass is 10.0. The van der Waals surface area contributed by atoms with E-state index < -0.39 is 32.5 Å². The third kappa shape index (κ3) is 61.2. The van der Waals surface area contributed by atoms with Crippen molar-refractivity contribution in [1.29, 1.82) is 0 Å². The fraction of sp³-hybridized carbons (Fsp3) is 0.642. The molecule has 0 radical (unpaired) electrons. The van der Waals surface area contributed by atoms with Crippen molar-refractivity contribution in [1.82, 2.24) is 0 Å². The Bertz CT molecular complexity index is 1760. The SMILES string of the molecule is CC/C=C\C/C=C\C/C=C\C/C=C\C/C=C\C/C=C\C/C=C\C/C=C\C/C=C\C/C=C\CCCCCCCCCCCCC(=O)OC(COC(=O)CCCCCCC/C=C\CCCCC)COP(=O)([O-])OCC[N+](C)(C)C. The molecule has 0 aliphatic carbocycles. The third-order valence-electron chi connectivity index (χ3n) is 12.4. The summed E-state index contributed by atoms with van der Waals surface area (Å²) in [5.41, 5.74) is 0. The Hall–Kier alpha value is -3.85. The molecule has 0 saturated heterocycles. The number of allylic oxidation sites excluding steroid dienone is 22. The minimum absolute atomic E-state index is 0.0385. The van der Waals surface area contributed by atoms with Crippen molar-refractivity contribution in [3.8, 4) is 0 Å². The fourth-order valence-corrected chi connectivity index (χ4v) is 8.47. The zero-order valence-electron chi connectivity index (χ0n) is 49.6. The van der Waals surface area contributed by atoms with E-state index in [2.05, 4.69) is 148 Å². The number of carbonyl (C=O) groups excluding carboxylic acids is 2. The largest absolute Gasteiger partial charge is 0.756 e. The number of carbonyl (C=O) groups is 2. The number of hydrogen-bond donors (Lipinski definition) is 0. The highest BCUT2D eigenvalue weighted by molar-refractivity contribution is 7.45. The van der Waals surface area contributed by atoms with Crippen molar-refractivity contribution in [3.63, 3.8) is 0 Å². The molecule has 10 heteroatoms. The maximum Gasteiger partial charge on any atom is 0.306 e. The first kappa shape index (κ1) is 73.2. The Morgan fingerprint density at radius 2 is 0.740 bits per heavy atom. The summed E-state index contributed by atoms with van der Waals surface area (Å²) >= 11 is 0. The molecule has 0 aliphatic rings. The molecule has 0 fully saturated rings. The number of nitrogens with zero attached hydrogens (tertiary/aromatic N) is 1. The van der Waals surface area contributed by atoms with Gasteiger partial charge in [-0.05, 0) is 116 Å². The quantitative estimate of drug-likeness (QED) is 0.0195. The fourth-order valence-electron chi connectivity index (χ4n) is 7.74. The number of hydrogen-bond acceptors (Lipinski definition) is 8. The molecular weight excluding hydrogens is 978 g/mol. The van der Waals surface area contributed by atoms with Gasteiger partial charge in [0, 0.05) is 12.8 Å². The van der Waals surface area contributed by atoms with Gasteiger partial charge in [0.15, 0.2) is 6.10 Å². The highest BCUT2D eigenvalue weighted by atomic mass is 31.2. The maximum atomic E-state index is 12.8. The van der Waals surface area contributed by atoms with Gasteiger partial charge in [-0.2, -0.15) is 0 Å². The highest BCUT2D eigenvalue weighted by Gasteiger charge is 2.22. The van der Waals surface area contributed by atoms with Crippen LogP contribution in [-0.4, -0.2) is 70.0 Å². The van der Waals surface area contributed by atoms with Crippen LogP contribution in [0.5, 0.6) is 0 Å². The van der Waals surface area contributed by atoms with Crippen LogP contribution in [0.25, 0.3) is 0 Å². The number of unbranched alkanes of at least 4 members (excludes halogenated alkanes) is 18. The van der Waals surface area contributed by atoms with Gasteiger partial charge in [-0.15, -0.1) is 0 Å². The first-order valence-electron chi connectivity index (χ1n) is 30.4. The van der Waals surface area contributed by atoms with Crippen LogP contribution >= 0.6 is 7.82 Å². The topological polar surface area (TPSA) is 111 Å². The summed E-state index contributed by atoms with van der Waals surface area (Å²) in [7, 11) is 1.14. The van der Waals surface area contributed by atoms with Crippen molar-refractivity contribution in [3.05, 3.63) is 134 Å². The van der Waals surface area contributed by atoms with Crippen LogP contribution in [0.3, 0.4) is 0 Å². The van der Waals surface area contributed by atoms with Crippen molar-refractivity contribution in [2.45, 2.75) is 232 Å². The van der Waals surface area contributed by atoms with E-state index in [1.165, 1.54) is 57.8 Å². The van der Waals surface area contributed by atoms with E-state index in [1.807, 2.05) is 21.1 Å². The van der Waals surface area contributed by atoms with Crippen LogP contribution in [0, 0.1) is 0 Å². The molecule has 0 amide bonds. The number of phosphoric ester groups is 1. The molecular formula is C67H112NO8P. The van der Waals surface area contributed by atoms with Crippen LogP contribution < -0.4 is 4.89 Å². The second kappa shape index (κ2) is 56.9. The Morgan fingerprint density at radius 1 is 0.416 bits per heavy atom. The first-order chi connectivity index (χ1) is 37.5. The molecule has 0 bridgehead atoms. The lowest BCUT2D eigenvalue weighted by Gasteiger charge is -2.28. The van der Waals surface area contributed by atoms with E-state index in [-0.39, 0.29) is 26.1 Å². The summed E-state index contributed by atoms with van der Waals surface area (Å²) in [4.78, 5) is 37.8. The zero-order valence-corrected chi connectivity index (χ0v) is 50.5. The predicted octanol–water partition coefficient (Wildman–Crippen LogP) is 18.7. The van der Waals surface area contributed by atoms with Crippen LogP contribution in [-0.2, 0) is 32.7 Å². The van der Waals surface area contributed by atoms with Gasteiger partial charge < -0.3 is 27.9 Å². The van der Waals surface area contributed by atoms with E-state index >= 15 is 0 Å². The summed E-state index contributed by atoms with van der Waals surface area (Å²) in [6.07, 6.45) is 82.3. The molecule has 0 rings (SSSR count).